The topological polar surface area (TPSA) is 51.5 Å². The first kappa shape index (κ1) is 14.0. The number of hydrogen-bond acceptors (Lipinski definition) is 4. The zero-order valence-corrected chi connectivity index (χ0v) is 13.2. The molecule has 0 unspecified atom stereocenters. The summed E-state index contributed by atoms with van der Waals surface area (Å²) in [4.78, 5) is 0. The summed E-state index contributed by atoms with van der Waals surface area (Å²) in [7, 11) is 1.68. The molecule has 0 radical (unpaired) electrons. The van der Waals surface area contributed by atoms with Gasteiger partial charge in [0.25, 0.3) is 0 Å². The summed E-state index contributed by atoms with van der Waals surface area (Å²) in [6.07, 6.45) is 1.96. The van der Waals surface area contributed by atoms with E-state index in [-0.39, 0.29) is 0 Å². The van der Waals surface area contributed by atoms with E-state index in [0.29, 0.717) is 13.1 Å². The van der Waals surface area contributed by atoms with E-state index < -0.39 is 0 Å². The van der Waals surface area contributed by atoms with Gasteiger partial charge >= 0.3 is 0 Å². The average Bonchev–Trinajstić information content (AvgIpc) is 2.91. The van der Waals surface area contributed by atoms with Crippen LogP contribution in [0.5, 0.6) is 5.75 Å². The third kappa shape index (κ3) is 3.06. The second kappa shape index (κ2) is 6.24. The molecule has 0 aliphatic rings. The Labute approximate surface area is 131 Å². The summed E-state index contributed by atoms with van der Waals surface area (Å²) in [6.45, 7) is 1.34. The number of hydrogen-bond donors (Lipinski definition) is 1. The fourth-order valence-corrected chi connectivity index (χ4v) is 2.61. The molecule has 0 spiro atoms. The first-order valence-electron chi connectivity index (χ1n) is 6.59. The Bertz CT molecular complexity index is 756. The zero-order chi connectivity index (χ0) is 14.7. The van der Waals surface area contributed by atoms with E-state index in [1.807, 2.05) is 47.0 Å². The molecule has 3 aromatic rings. The van der Waals surface area contributed by atoms with Crippen molar-refractivity contribution < 1.29 is 4.74 Å². The highest BCUT2D eigenvalue weighted by molar-refractivity contribution is 9.10. The number of fused-ring (bicyclic) bond motifs is 1. The molecular weight excluding hydrogens is 332 g/mol. The summed E-state index contributed by atoms with van der Waals surface area (Å²) < 4.78 is 8.38. The highest BCUT2D eigenvalue weighted by atomic mass is 79.9. The standard InChI is InChI=1S/C15H15BrN4O/c1-21-13-6-5-12(16)8-11(13)9-17-10-15-19-18-14-4-2-3-7-20(14)15/h2-8,17H,9-10H2,1H3. The van der Waals surface area contributed by atoms with E-state index >= 15 is 0 Å². The predicted octanol–water partition coefficient (Wildman–Crippen LogP) is 2.79. The van der Waals surface area contributed by atoms with Crippen LogP contribution < -0.4 is 10.1 Å². The fraction of sp³-hybridized carbons (Fsp3) is 0.200. The molecule has 2 heterocycles. The maximum atomic E-state index is 5.36. The summed E-state index contributed by atoms with van der Waals surface area (Å²) in [5.41, 5.74) is 1.95. The Hall–Kier alpha value is -1.92. The highest BCUT2D eigenvalue weighted by Gasteiger charge is 2.06. The van der Waals surface area contributed by atoms with Gasteiger partial charge in [0.2, 0.25) is 0 Å². The van der Waals surface area contributed by atoms with E-state index in [1.165, 1.54) is 0 Å². The Kier molecular flexibility index (Phi) is 4.17. The Morgan fingerprint density at radius 2 is 2.10 bits per heavy atom. The van der Waals surface area contributed by atoms with E-state index in [1.54, 1.807) is 7.11 Å². The largest absolute Gasteiger partial charge is 0.496 e. The molecule has 1 aromatic carbocycles. The van der Waals surface area contributed by atoms with Crippen LogP contribution in [-0.2, 0) is 13.1 Å². The second-order valence-corrected chi connectivity index (χ2v) is 5.52. The molecule has 0 atom stereocenters. The van der Waals surface area contributed by atoms with Crippen molar-refractivity contribution in [1.82, 2.24) is 19.9 Å². The van der Waals surface area contributed by atoms with E-state index in [9.17, 15) is 0 Å². The van der Waals surface area contributed by atoms with E-state index in [2.05, 4.69) is 31.4 Å². The number of ether oxygens (including phenoxy) is 1. The summed E-state index contributed by atoms with van der Waals surface area (Å²) in [5, 5.41) is 11.7. The van der Waals surface area contributed by atoms with Crippen LogP contribution >= 0.6 is 15.9 Å². The minimum Gasteiger partial charge on any atom is -0.496 e. The van der Waals surface area contributed by atoms with Crippen molar-refractivity contribution in [2.75, 3.05) is 7.11 Å². The molecular formula is C15H15BrN4O. The van der Waals surface area contributed by atoms with Crippen LogP contribution in [0.3, 0.4) is 0 Å². The van der Waals surface area contributed by atoms with Crippen molar-refractivity contribution in [1.29, 1.82) is 0 Å². The van der Waals surface area contributed by atoms with Gasteiger partial charge in [0, 0.05) is 22.8 Å². The second-order valence-electron chi connectivity index (χ2n) is 4.60. The number of nitrogens with one attached hydrogen (secondary N) is 1. The van der Waals surface area contributed by atoms with Gasteiger partial charge in [0.05, 0.1) is 13.7 Å². The Morgan fingerprint density at radius 1 is 1.19 bits per heavy atom. The summed E-state index contributed by atoms with van der Waals surface area (Å²) >= 11 is 3.48. The molecule has 3 rings (SSSR count). The SMILES string of the molecule is COc1ccc(Br)cc1CNCc1nnc2ccccn12. The molecule has 108 valence electrons. The van der Waals surface area contributed by atoms with Gasteiger partial charge in [-0.05, 0) is 30.3 Å². The maximum Gasteiger partial charge on any atom is 0.160 e. The molecule has 5 nitrogen and oxygen atoms in total. The first-order chi connectivity index (χ1) is 10.3. The van der Waals surface area contributed by atoms with Crippen molar-refractivity contribution in [3.05, 3.63) is 58.5 Å². The van der Waals surface area contributed by atoms with Crippen LogP contribution in [0.25, 0.3) is 5.65 Å². The van der Waals surface area contributed by atoms with Crippen LogP contribution in [0.15, 0.2) is 47.1 Å². The lowest BCUT2D eigenvalue weighted by atomic mass is 10.2. The summed E-state index contributed by atoms with van der Waals surface area (Å²) in [6, 6.07) is 11.8. The lowest BCUT2D eigenvalue weighted by molar-refractivity contribution is 0.407. The smallest absolute Gasteiger partial charge is 0.160 e. The molecule has 0 saturated carbocycles. The van der Waals surface area contributed by atoms with Crippen LogP contribution in [0.4, 0.5) is 0 Å². The third-order valence-corrected chi connectivity index (χ3v) is 3.72. The van der Waals surface area contributed by atoms with E-state index in [0.717, 1.165) is 27.3 Å². The van der Waals surface area contributed by atoms with Gasteiger partial charge < -0.3 is 10.1 Å². The molecule has 0 amide bonds. The van der Waals surface area contributed by atoms with Gasteiger partial charge in [-0.3, -0.25) is 4.40 Å². The number of pyridine rings is 1. The summed E-state index contributed by atoms with van der Waals surface area (Å²) in [5.74, 6) is 1.76. The molecule has 0 bridgehead atoms. The zero-order valence-electron chi connectivity index (χ0n) is 11.6. The average molecular weight is 347 g/mol. The Morgan fingerprint density at radius 3 is 2.95 bits per heavy atom. The minimum atomic E-state index is 0.640. The van der Waals surface area contributed by atoms with Gasteiger partial charge in [-0.15, -0.1) is 10.2 Å². The number of halogens is 1. The van der Waals surface area contributed by atoms with Crippen LogP contribution in [-0.4, -0.2) is 21.7 Å². The van der Waals surface area contributed by atoms with Crippen LogP contribution in [0.1, 0.15) is 11.4 Å². The van der Waals surface area contributed by atoms with Crippen molar-refractivity contribution >= 4 is 21.6 Å². The molecule has 1 N–H and O–H groups in total. The monoisotopic (exact) mass is 346 g/mol. The Balaban J connectivity index is 1.70. The number of benzene rings is 1. The van der Waals surface area contributed by atoms with Crippen molar-refractivity contribution in [2.24, 2.45) is 0 Å². The number of nitrogens with zero attached hydrogens (tertiary/aromatic N) is 3. The number of rotatable bonds is 5. The molecule has 0 aliphatic carbocycles. The molecule has 0 aliphatic heterocycles. The minimum absolute atomic E-state index is 0.640. The number of methoxy groups -OCH3 is 1. The van der Waals surface area contributed by atoms with Crippen molar-refractivity contribution in [3.63, 3.8) is 0 Å². The van der Waals surface area contributed by atoms with Gasteiger partial charge in [-0.1, -0.05) is 22.0 Å². The highest BCUT2D eigenvalue weighted by Crippen LogP contribution is 2.22. The van der Waals surface area contributed by atoms with Gasteiger partial charge in [0.1, 0.15) is 5.75 Å². The van der Waals surface area contributed by atoms with Gasteiger partial charge in [-0.2, -0.15) is 0 Å². The third-order valence-electron chi connectivity index (χ3n) is 3.23. The first-order valence-corrected chi connectivity index (χ1v) is 7.39. The van der Waals surface area contributed by atoms with Crippen LogP contribution in [0, 0.1) is 0 Å². The van der Waals surface area contributed by atoms with Crippen LogP contribution in [0.2, 0.25) is 0 Å². The lowest BCUT2D eigenvalue weighted by Gasteiger charge is -2.09. The maximum absolute atomic E-state index is 5.36. The quantitative estimate of drug-likeness (QED) is 0.771. The van der Waals surface area contributed by atoms with Crippen molar-refractivity contribution in [3.8, 4) is 5.75 Å². The molecule has 6 heteroatoms. The normalized spacial score (nSPS) is 11.0. The number of aromatic nitrogens is 3. The lowest BCUT2D eigenvalue weighted by Crippen LogP contribution is -2.15. The van der Waals surface area contributed by atoms with E-state index in [4.69, 9.17) is 4.74 Å². The fourth-order valence-electron chi connectivity index (χ4n) is 2.21. The van der Waals surface area contributed by atoms with Crippen molar-refractivity contribution in [2.45, 2.75) is 13.1 Å². The molecule has 2 aromatic heterocycles. The molecule has 0 saturated heterocycles. The predicted molar refractivity (Wildman–Crippen MR) is 84.2 cm³/mol. The molecule has 21 heavy (non-hydrogen) atoms. The van der Waals surface area contributed by atoms with Gasteiger partial charge in [0.15, 0.2) is 11.5 Å². The van der Waals surface area contributed by atoms with Gasteiger partial charge in [-0.25, -0.2) is 0 Å². The molecule has 0 fully saturated rings.